The number of amides is 2. The number of fused-ring (bicyclic) bond motifs is 1. The van der Waals surface area contributed by atoms with E-state index in [1.807, 2.05) is 0 Å². The fourth-order valence-electron chi connectivity index (χ4n) is 2.64. The van der Waals surface area contributed by atoms with Crippen LogP contribution in [0.3, 0.4) is 0 Å². The molecule has 0 spiro atoms. The van der Waals surface area contributed by atoms with Gasteiger partial charge in [0.05, 0.1) is 5.39 Å². The van der Waals surface area contributed by atoms with E-state index in [-0.39, 0.29) is 29.3 Å². The minimum Gasteiger partial charge on any atom is -0.405 e. The van der Waals surface area contributed by atoms with Crippen molar-refractivity contribution < 1.29 is 27.5 Å². The first kappa shape index (κ1) is 16.9. The minimum atomic E-state index is -4.92. The van der Waals surface area contributed by atoms with Crippen LogP contribution < -0.4 is 15.6 Å². The number of carbonyl (C=O) groups is 2. The Bertz CT molecular complexity index is 938. The number of imide groups is 1. The molecule has 3 rings (SSSR count). The molecule has 8 nitrogen and oxygen atoms in total. The van der Waals surface area contributed by atoms with Crippen molar-refractivity contribution in [3.05, 3.63) is 28.0 Å². The van der Waals surface area contributed by atoms with Crippen LogP contribution in [0.2, 0.25) is 0 Å². The highest BCUT2D eigenvalue weighted by Crippen LogP contribution is 2.29. The second-order valence-electron chi connectivity index (χ2n) is 5.44. The molecule has 132 valence electrons. The Labute approximate surface area is 137 Å². The highest BCUT2D eigenvalue weighted by atomic mass is 19.4. The van der Waals surface area contributed by atoms with E-state index >= 15 is 0 Å². The predicted octanol–water partition coefficient (Wildman–Crippen LogP) is 0.976. The third kappa shape index (κ3) is 3.16. The summed E-state index contributed by atoms with van der Waals surface area (Å²) < 4.78 is 42.1. The number of aryl methyl sites for hydroxylation is 1. The van der Waals surface area contributed by atoms with Gasteiger partial charge in [-0.2, -0.15) is 4.68 Å². The lowest BCUT2D eigenvalue weighted by Gasteiger charge is -2.21. The molecule has 1 atom stereocenters. The van der Waals surface area contributed by atoms with Gasteiger partial charge in [-0.3, -0.25) is 19.7 Å². The number of benzene rings is 1. The van der Waals surface area contributed by atoms with Gasteiger partial charge in [-0.25, -0.2) is 0 Å². The number of aromatic nitrogens is 3. The zero-order valence-electron chi connectivity index (χ0n) is 12.8. The molecule has 1 aliphatic rings. The van der Waals surface area contributed by atoms with E-state index in [1.54, 1.807) is 0 Å². The molecule has 2 heterocycles. The summed E-state index contributed by atoms with van der Waals surface area (Å²) in [4.78, 5) is 35.8. The zero-order valence-corrected chi connectivity index (χ0v) is 12.8. The summed E-state index contributed by atoms with van der Waals surface area (Å²) in [6.07, 6.45) is -4.86. The molecule has 1 fully saturated rings. The SMILES string of the molecule is Cc1c(OC(F)(F)F)ccc2nnn(C3CCC(=O)NC3=O)c(=O)c12. The summed E-state index contributed by atoms with van der Waals surface area (Å²) >= 11 is 0. The highest BCUT2D eigenvalue weighted by molar-refractivity contribution is 5.99. The molecule has 1 saturated heterocycles. The maximum atomic E-state index is 12.7. The van der Waals surface area contributed by atoms with E-state index in [0.717, 1.165) is 10.7 Å². The van der Waals surface area contributed by atoms with Crippen LogP contribution in [-0.4, -0.2) is 33.2 Å². The lowest BCUT2D eigenvalue weighted by molar-refractivity contribution is -0.274. The number of rotatable bonds is 2. The minimum absolute atomic E-state index is 0.0127. The summed E-state index contributed by atoms with van der Waals surface area (Å²) in [5.41, 5.74) is -0.791. The Kier molecular flexibility index (Phi) is 3.93. The van der Waals surface area contributed by atoms with Gasteiger partial charge in [0.2, 0.25) is 5.91 Å². The van der Waals surface area contributed by atoms with Gasteiger partial charge in [0.25, 0.3) is 11.5 Å². The summed E-state index contributed by atoms with van der Waals surface area (Å²) in [6.45, 7) is 1.28. The van der Waals surface area contributed by atoms with E-state index < -0.39 is 35.5 Å². The second-order valence-corrected chi connectivity index (χ2v) is 5.44. The average Bonchev–Trinajstić information content (AvgIpc) is 2.50. The van der Waals surface area contributed by atoms with Gasteiger partial charge in [-0.15, -0.1) is 18.3 Å². The Balaban J connectivity index is 2.13. The Hall–Kier alpha value is -2.98. The van der Waals surface area contributed by atoms with Crippen LogP contribution in [0.5, 0.6) is 5.75 Å². The van der Waals surface area contributed by atoms with Crippen molar-refractivity contribution in [1.29, 1.82) is 0 Å². The van der Waals surface area contributed by atoms with Gasteiger partial charge in [-0.05, 0) is 25.5 Å². The van der Waals surface area contributed by atoms with Gasteiger partial charge in [0.15, 0.2) is 0 Å². The summed E-state index contributed by atoms with van der Waals surface area (Å²) in [7, 11) is 0. The standard InChI is InChI=1S/C14H11F3N4O4/c1-6-9(25-14(15,16)17)4-2-7-11(6)13(24)21(20-19-7)8-3-5-10(22)18-12(8)23/h2,4,8H,3,5H2,1H3,(H,18,22,23). The molecule has 11 heteroatoms. The molecule has 1 aromatic carbocycles. The largest absolute Gasteiger partial charge is 0.573 e. The lowest BCUT2D eigenvalue weighted by Crippen LogP contribution is -2.45. The van der Waals surface area contributed by atoms with Gasteiger partial charge >= 0.3 is 6.36 Å². The molecule has 1 aliphatic heterocycles. The first-order chi connectivity index (χ1) is 11.7. The number of hydrogen-bond acceptors (Lipinski definition) is 6. The van der Waals surface area contributed by atoms with E-state index in [4.69, 9.17) is 0 Å². The van der Waals surface area contributed by atoms with Gasteiger partial charge in [0, 0.05) is 12.0 Å². The lowest BCUT2D eigenvalue weighted by atomic mass is 10.1. The summed E-state index contributed by atoms with van der Waals surface area (Å²) in [6, 6.07) is 1.15. The van der Waals surface area contributed by atoms with Crippen molar-refractivity contribution in [2.24, 2.45) is 0 Å². The Morgan fingerprint density at radius 2 is 2.00 bits per heavy atom. The average molecular weight is 356 g/mol. The smallest absolute Gasteiger partial charge is 0.405 e. The molecule has 0 saturated carbocycles. The number of hydrogen-bond donors (Lipinski definition) is 1. The first-order valence-corrected chi connectivity index (χ1v) is 7.15. The van der Waals surface area contributed by atoms with E-state index in [9.17, 15) is 27.6 Å². The van der Waals surface area contributed by atoms with Crippen molar-refractivity contribution in [3.8, 4) is 5.75 Å². The van der Waals surface area contributed by atoms with Crippen LogP contribution in [0, 0.1) is 6.92 Å². The number of alkyl halides is 3. The van der Waals surface area contributed by atoms with Crippen LogP contribution in [0.15, 0.2) is 16.9 Å². The van der Waals surface area contributed by atoms with E-state index in [1.165, 1.54) is 13.0 Å². The number of ether oxygens (including phenoxy) is 1. The maximum absolute atomic E-state index is 12.7. The molecular formula is C14H11F3N4O4. The van der Waals surface area contributed by atoms with Crippen LogP contribution in [0.4, 0.5) is 13.2 Å². The molecule has 0 bridgehead atoms. The molecule has 1 unspecified atom stereocenters. The monoisotopic (exact) mass is 356 g/mol. The van der Waals surface area contributed by atoms with Gasteiger partial charge in [0.1, 0.15) is 17.3 Å². The molecule has 25 heavy (non-hydrogen) atoms. The normalized spacial score (nSPS) is 18.3. The molecule has 0 radical (unpaired) electrons. The van der Waals surface area contributed by atoms with Gasteiger partial charge < -0.3 is 4.74 Å². The molecule has 2 amide bonds. The number of piperidine rings is 1. The van der Waals surface area contributed by atoms with Crippen molar-refractivity contribution in [2.45, 2.75) is 32.2 Å². The molecular weight excluding hydrogens is 345 g/mol. The van der Waals surface area contributed by atoms with Crippen LogP contribution >= 0.6 is 0 Å². The third-order valence-corrected chi connectivity index (χ3v) is 3.80. The number of halogens is 3. The molecule has 1 aromatic heterocycles. The summed E-state index contributed by atoms with van der Waals surface area (Å²) in [5.74, 6) is -1.73. The van der Waals surface area contributed by atoms with Crippen LogP contribution in [-0.2, 0) is 9.59 Å². The fourth-order valence-corrected chi connectivity index (χ4v) is 2.64. The molecule has 0 aliphatic carbocycles. The molecule has 2 aromatic rings. The quantitative estimate of drug-likeness (QED) is 0.805. The fraction of sp³-hybridized carbons (Fsp3) is 0.357. The first-order valence-electron chi connectivity index (χ1n) is 7.15. The van der Waals surface area contributed by atoms with E-state index in [2.05, 4.69) is 20.4 Å². The van der Waals surface area contributed by atoms with Gasteiger partial charge in [-0.1, -0.05) is 5.21 Å². The number of nitrogens with zero attached hydrogens (tertiary/aromatic N) is 3. The number of carbonyl (C=O) groups excluding carboxylic acids is 2. The zero-order chi connectivity index (χ0) is 18.4. The second kappa shape index (κ2) is 5.83. The van der Waals surface area contributed by atoms with E-state index in [0.29, 0.717) is 0 Å². The highest BCUT2D eigenvalue weighted by Gasteiger charge is 2.33. The third-order valence-electron chi connectivity index (χ3n) is 3.80. The van der Waals surface area contributed by atoms with Crippen LogP contribution in [0.25, 0.3) is 10.9 Å². The van der Waals surface area contributed by atoms with Crippen molar-refractivity contribution >= 4 is 22.7 Å². The van der Waals surface area contributed by atoms with Crippen molar-refractivity contribution in [3.63, 3.8) is 0 Å². The number of nitrogens with one attached hydrogen (secondary N) is 1. The van der Waals surface area contributed by atoms with Crippen LogP contribution in [0.1, 0.15) is 24.4 Å². The topological polar surface area (TPSA) is 103 Å². The summed E-state index contributed by atoms with van der Waals surface area (Å²) in [5, 5.41) is 9.39. The van der Waals surface area contributed by atoms with Crippen molar-refractivity contribution in [1.82, 2.24) is 20.3 Å². The maximum Gasteiger partial charge on any atom is 0.573 e. The predicted molar refractivity (Wildman–Crippen MR) is 76.6 cm³/mol. The molecule has 1 N–H and O–H groups in total. The Morgan fingerprint density at radius 1 is 1.28 bits per heavy atom. The Morgan fingerprint density at radius 3 is 2.64 bits per heavy atom. The van der Waals surface area contributed by atoms with Crippen molar-refractivity contribution in [2.75, 3.05) is 0 Å².